The van der Waals surface area contributed by atoms with Crippen LogP contribution in [0.2, 0.25) is 0 Å². The maximum Gasteiger partial charge on any atom is 0.433 e. The Kier molecular flexibility index (Phi) is 4.84. The van der Waals surface area contributed by atoms with Crippen LogP contribution in [0.15, 0.2) is 39.9 Å². The van der Waals surface area contributed by atoms with E-state index in [2.05, 4.69) is 15.8 Å². The third kappa shape index (κ3) is 4.13. The highest BCUT2D eigenvalue weighted by molar-refractivity contribution is 7.80. The quantitative estimate of drug-likeness (QED) is 0.389. The Morgan fingerprint density at radius 1 is 1.36 bits per heavy atom. The summed E-state index contributed by atoms with van der Waals surface area (Å²) < 4.78 is 4.93. The fourth-order valence-electron chi connectivity index (χ4n) is 1.77. The second-order valence-electron chi connectivity index (χ2n) is 4.58. The van der Waals surface area contributed by atoms with Crippen LogP contribution in [0.25, 0.3) is 0 Å². The van der Waals surface area contributed by atoms with Crippen molar-refractivity contribution in [1.82, 2.24) is 5.43 Å². The first-order valence-corrected chi connectivity index (χ1v) is 6.78. The predicted molar refractivity (Wildman–Crippen MR) is 88.2 cm³/mol. The van der Waals surface area contributed by atoms with Crippen molar-refractivity contribution >= 4 is 35.1 Å². The Morgan fingerprint density at radius 2 is 2.14 bits per heavy atom. The standard InChI is InChI=1S/C14H14N4O3S/c1-9-3-5-12(10(2)7-9)16-14(22)17-15-8-11-4-6-13(21-11)18(19)20/h3-8H,1-2H3,(H2,16,17,22). The van der Waals surface area contributed by atoms with Crippen molar-refractivity contribution in [1.29, 1.82) is 0 Å². The van der Waals surface area contributed by atoms with Crippen LogP contribution in [0.5, 0.6) is 0 Å². The Morgan fingerprint density at radius 3 is 2.77 bits per heavy atom. The zero-order valence-electron chi connectivity index (χ0n) is 12.0. The number of thiocarbonyl (C=S) groups is 1. The lowest BCUT2D eigenvalue weighted by Gasteiger charge is -2.10. The van der Waals surface area contributed by atoms with E-state index in [1.54, 1.807) is 0 Å². The molecule has 0 unspecified atom stereocenters. The zero-order chi connectivity index (χ0) is 16.1. The molecule has 0 fully saturated rings. The van der Waals surface area contributed by atoms with Gasteiger partial charge in [-0.15, -0.1) is 0 Å². The van der Waals surface area contributed by atoms with E-state index in [0.29, 0.717) is 5.11 Å². The van der Waals surface area contributed by atoms with E-state index >= 15 is 0 Å². The van der Waals surface area contributed by atoms with Gasteiger partial charge < -0.3 is 9.73 Å². The van der Waals surface area contributed by atoms with Crippen molar-refractivity contribution in [3.63, 3.8) is 0 Å². The van der Waals surface area contributed by atoms with Crippen LogP contribution in [-0.2, 0) is 0 Å². The summed E-state index contributed by atoms with van der Waals surface area (Å²) in [5.41, 5.74) is 5.73. The number of nitrogens with one attached hydrogen (secondary N) is 2. The zero-order valence-corrected chi connectivity index (χ0v) is 12.8. The molecule has 7 nitrogen and oxygen atoms in total. The van der Waals surface area contributed by atoms with E-state index in [9.17, 15) is 10.1 Å². The number of nitro groups is 1. The fourth-order valence-corrected chi connectivity index (χ4v) is 1.93. The maximum absolute atomic E-state index is 10.5. The number of anilines is 1. The Hall–Kier alpha value is -2.74. The van der Waals surface area contributed by atoms with E-state index in [4.69, 9.17) is 16.6 Å². The average molecular weight is 318 g/mol. The Bertz CT molecular complexity index is 739. The summed E-state index contributed by atoms with van der Waals surface area (Å²) in [6.45, 7) is 3.99. The summed E-state index contributed by atoms with van der Waals surface area (Å²) in [6.07, 6.45) is 1.31. The maximum atomic E-state index is 10.5. The largest absolute Gasteiger partial charge is 0.433 e. The molecule has 0 saturated heterocycles. The van der Waals surface area contributed by atoms with Crippen molar-refractivity contribution < 1.29 is 9.34 Å². The molecule has 8 heteroatoms. The minimum atomic E-state index is -0.614. The van der Waals surface area contributed by atoms with Gasteiger partial charge in [0.15, 0.2) is 10.9 Å². The van der Waals surface area contributed by atoms with Gasteiger partial charge in [0, 0.05) is 5.69 Å². The average Bonchev–Trinajstić information content (AvgIpc) is 2.91. The Balaban J connectivity index is 1.91. The van der Waals surface area contributed by atoms with Gasteiger partial charge in [-0.1, -0.05) is 17.7 Å². The number of benzene rings is 1. The first-order chi connectivity index (χ1) is 10.5. The lowest BCUT2D eigenvalue weighted by atomic mass is 10.1. The summed E-state index contributed by atoms with van der Waals surface area (Å²) >= 11 is 5.12. The van der Waals surface area contributed by atoms with Gasteiger partial charge in [-0.25, -0.2) is 0 Å². The van der Waals surface area contributed by atoms with Gasteiger partial charge in [0.25, 0.3) is 0 Å². The van der Waals surface area contributed by atoms with Gasteiger partial charge in [-0.05, 0) is 43.8 Å². The second kappa shape index (κ2) is 6.81. The number of rotatable bonds is 4. The molecule has 1 aromatic carbocycles. The van der Waals surface area contributed by atoms with E-state index in [1.807, 2.05) is 32.0 Å². The van der Waals surface area contributed by atoms with Gasteiger partial charge in [0.2, 0.25) is 0 Å². The minimum Gasteiger partial charge on any atom is -0.400 e. The van der Waals surface area contributed by atoms with Crippen LogP contribution in [0.1, 0.15) is 16.9 Å². The summed E-state index contributed by atoms with van der Waals surface area (Å²) in [5.74, 6) is -0.0778. The lowest BCUT2D eigenvalue weighted by molar-refractivity contribution is -0.402. The number of aryl methyl sites for hydroxylation is 2. The first kappa shape index (κ1) is 15.6. The number of hydrogen-bond donors (Lipinski definition) is 2. The van der Waals surface area contributed by atoms with Crippen LogP contribution in [0, 0.1) is 24.0 Å². The molecule has 0 aliphatic carbocycles. The molecule has 22 heavy (non-hydrogen) atoms. The summed E-state index contributed by atoms with van der Waals surface area (Å²) in [4.78, 5) is 9.86. The predicted octanol–water partition coefficient (Wildman–Crippen LogP) is 3.13. The topological polar surface area (TPSA) is 92.7 Å². The molecule has 114 valence electrons. The van der Waals surface area contributed by atoms with E-state index in [1.165, 1.54) is 23.9 Å². The number of hydrazone groups is 1. The molecular weight excluding hydrogens is 304 g/mol. The monoisotopic (exact) mass is 318 g/mol. The van der Waals surface area contributed by atoms with Crippen molar-refractivity contribution in [2.24, 2.45) is 5.10 Å². The minimum absolute atomic E-state index is 0.258. The molecule has 2 N–H and O–H groups in total. The van der Waals surface area contributed by atoms with Crippen molar-refractivity contribution in [2.45, 2.75) is 13.8 Å². The molecule has 2 rings (SSSR count). The van der Waals surface area contributed by atoms with Gasteiger partial charge in [-0.3, -0.25) is 15.5 Å². The van der Waals surface area contributed by atoms with Gasteiger partial charge >= 0.3 is 5.88 Å². The van der Waals surface area contributed by atoms with E-state index in [-0.39, 0.29) is 11.6 Å². The van der Waals surface area contributed by atoms with Crippen molar-refractivity contribution in [3.8, 4) is 0 Å². The third-order valence-electron chi connectivity index (χ3n) is 2.78. The molecule has 0 atom stereocenters. The third-order valence-corrected chi connectivity index (χ3v) is 2.97. The molecule has 1 aromatic heterocycles. The molecule has 1 heterocycles. The fraction of sp³-hybridized carbons (Fsp3) is 0.143. The Labute approximate surface area is 132 Å². The van der Waals surface area contributed by atoms with Crippen molar-refractivity contribution in [2.75, 3.05) is 5.32 Å². The highest BCUT2D eigenvalue weighted by Crippen LogP contribution is 2.16. The molecule has 0 amide bonds. The number of hydrogen-bond acceptors (Lipinski definition) is 5. The molecule has 0 radical (unpaired) electrons. The van der Waals surface area contributed by atoms with Crippen LogP contribution in [-0.4, -0.2) is 16.3 Å². The summed E-state index contributed by atoms with van der Waals surface area (Å²) in [5, 5.41) is 17.7. The van der Waals surface area contributed by atoms with Gasteiger partial charge in [-0.2, -0.15) is 5.10 Å². The van der Waals surface area contributed by atoms with E-state index < -0.39 is 4.92 Å². The molecule has 2 aromatic rings. The highest BCUT2D eigenvalue weighted by Gasteiger charge is 2.10. The first-order valence-electron chi connectivity index (χ1n) is 6.37. The van der Waals surface area contributed by atoms with E-state index in [0.717, 1.165) is 11.3 Å². The molecule has 0 spiro atoms. The number of nitrogens with zero attached hydrogens (tertiary/aromatic N) is 2. The highest BCUT2D eigenvalue weighted by atomic mass is 32.1. The van der Waals surface area contributed by atoms with Crippen LogP contribution in [0.4, 0.5) is 11.6 Å². The van der Waals surface area contributed by atoms with Crippen LogP contribution in [0.3, 0.4) is 0 Å². The molecule has 0 saturated carbocycles. The summed E-state index contributed by atoms with van der Waals surface area (Å²) in [6, 6.07) is 8.65. The molecule has 0 bridgehead atoms. The molecule has 0 aliphatic heterocycles. The normalized spacial score (nSPS) is 10.6. The van der Waals surface area contributed by atoms with Crippen LogP contribution < -0.4 is 10.7 Å². The molecular formula is C14H14N4O3S. The number of furan rings is 1. The SMILES string of the molecule is Cc1ccc(NC(=S)NN=Cc2ccc([N+](=O)[O-])o2)c(C)c1. The lowest BCUT2D eigenvalue weighted by Crippen LogP contribution is -2.24. The smallest absolute Gasteiger partial charge is 0.400 e. The summed E-state index contributed by atoms with van der Waals surface area (Å²) in [7, 11) is 0. The van der Waals surface area contributed by atoms with Gasteiger partial charge in [0.1, 0.15) is 4.92 Å². The van der Waals surface area contributed by atoms with Crippen molar-refractivity contribution in [3.05, 3.63) is 57.3 Å². The van der Waals surface area contributed by atoms with Crippen LogP contribution >= 0.6 is 12.2 Å². The second-order valence-corrected chi connectivity index (χ2v) is 4.98. The van der Waals surface area contributed by atoms with Gasteiger partial charge in [0.05, 0.1) is 12.3 Å². The molecule has 0 aliphatic rings.